The Labute approximate surface area is 66.7 Å². The number of rotatable bonds is 3. The molecule has 0 heterocycles. The Hall–Kier alpha value is -0.380. The second-order valence-corrected chi connectivity index (χ2v) is 4.93. The topological polar surface area (TPSA) is 51.2 Å². The molecule has 0 aliphatic heterocycles. The molecule has 1 aliphatic carbocycles. The fourth-order valence-electron chi connectivity index (χ4n) is 1.54. The summed E-state index contributed by atoms with van der Waals surface area (Å²) >= 11 is 0. The van der Waals surface area contributed by atoms with Gasteiger partial charge in [-0.1, -0.05) is 12.8 Å². The van der Waals surface area contributed by atoms with Crippen molar-refractivity contribution in [2.75, 3.05) is 5.75 Å². The molecule has 1 saturated carbocycles. The van der Waals surface area contributed by atoms with Crippen molar-refractivity contribution in [2.45, 2.75) is 25.7 Å². The number of hydrogen-bond acceptors (Lipinski definition) is 3. The lowest BCUT2D eigenvalue weighted by Gasteiger charge is -2.03. The van der Waals surface area contributed by atoms with Gasteiger partial charge in [-0.3, -0.25) is 4.79 Å². The number of sulfone groups is 1. The van der Waals surface area contributed by atoms with Gasteiger partial charge >= 0.3 is 0 Å². The third-order valence-corrected chi connectivity index (χ3v) is 3.32. The van der Waals surface area contributed by atoms with Crippen LogP contribution in [0.5, 0.6) is 0 Å². The Morgan fingerprint density at radius 2 is 1.82 bits per heavy atom. The van der Waals surface area contributed by atoms with Crippen LogP contribution in [-0.2, 0) is 14.6 Å². The van der Waals surface area contributed by atoms with Crippen LogP contribution < -0.4 is 0 Å². The molecule has 0 atom stereocenters. The first kappa shape index (κ1) is 8.71. The molecular formula is C7H12O3S. The van der Waals surface area contributed by atoms with Gasteiger partial charge < -0.3 is 0 Å². The van der Waals surface area contributed by atoms with Crippen molar-refractivity contribution in [3.8, 4) is 0 Å². The first-order valence-electron chi connectivity index (χ1n) is 3.82. The molecule has 0 aromatic rings. The maximum atomic E-state index is 10.8. The highest BCUT2D eigenvalue weighted by atomic mass is 32.2. The Morgan fingerprint density at radius 1 is 1.27 bits per heavy atom. The average Bonchev–Trinajstić information content (AvgIpc) is 2.39. The van der Waals surface area contributed by atoms with Crippen molar-refractivity contribution in [1.29, 1.82) is 0 Å². The fourth-order valence-corrected chi connectivity index (χ4v) is 2.61. The van der Waals surface area contributed by atoms with Gasteiger partial charge in [0.25, 0.3) is 0 Å². The average molecular weight is 176 g/mol. The van der Waals surface area contributed by atoms with Crippen molar-refractivity contribution >= 4 is 15.5 Å². The summed E-state index contributed by atoms with van der Waals surface area (Å²) in [6, 6.07) is 0. The van der Waals surface area contributed by atoms with Crippen molar-refractivity contribution in [2.24, 2.45) is 5.92 Å². The van der Waals surface area contributed by atoms with Crippen LogP contribution in [0.15, 0.2) is 0 Å². The molecule has 0 radical (unpaired) electrons. The quantitative estimate of drug-likeness (QED) is 0.597. The summed E-state index contributed by atoms with van der Waals surface area (Å²) in [4.78, 5) is 10.0. The molecule has 0 unspecified atom stereocenters. The number of hydrogen-bond donors (Lipinski definition) is 0. The van der Waals surface area contributed by atoms with E-state index in [1.165, 1.54) is 0 Å². The maximum Gasteiger partial charge on any atom is 0.234 e. The van der Waals surface area contributed by atoms with Crippen LogP contribution in [0.1, 0.15) is 25.7 Å². The van der Waals surface area contributed by atoms with E-state index in [1.807, 2.05) is 0 Å². The summed E-state index contributed by atoms with van der Waals surface area (Å²) in [5.41, 5.74) is 0.0747. The minimum Gasteiger partial charge on any atom is -0.285 e. The van der Waals surface area contributed by atoms with Gasteiger partial charge in [0.15, 0.2) is 0 Å². The molecule has 0 aromatic heterocycles. The smallest absolute Gasteiger partial charge is 0.234 e. The zero-order valence-electron chi connectivity index (χ0n) is 6.32. The van der Waals surface area contributed by atoms with Crippen LogP contribution in [0.25, 0.3) is 0 Å². The lowest BCUT2D eigenvalue weighted by molar-refractivity contribution is 0.544. The lowest BCUT2D eigenvalue weighted by Crippen LogP contribution is -2.14. The van der Waals surface area contributed by atoms with E-state index in [4.69, 9.17) is 0 Å². The third kappa shape index (κ3) is 2.61. The van der Waals surface area contributed by atoms with E-state index in [0.717, 1.165) is 25.7 Å². The molecule has 0 spiro atoms. The van der Waals surface area contributed by atoms with E-state index in [0.29, 0.717) is 0 Å². The molecule has 0 aromatic carbocycles. The molecule has 64 valence electrons. The van der Waals surface area contributed by atoms with E-state index in [1.54, 1.807) is 0 Å². The maximum absolute atomic E-state index is 10.8. The molecule has 3 nitrogen and oxygen atoms in total. The highest BCUT2D eigenvalue weighted by Crippen LogP contribution is 2.25. The standard InChI is InChI=1S/C7H12O3S/c8-6-11(9,10)5-7-3-1-2-4-7/h6-7H,1-5H2. The van der Waals surface area contributed by atoms with Gasteiger partial charge in [0.1, 0.15) is 0 Å². The second kappa shape index (κ2) is 3.34. The predicted molar refractivity (Wildman–Crippen MR) is 42.5 cm³/mol. The number of carbonyl (C=O) groups excluding carboxylic acids is 1. The summed E-state index contributed by atoms with van der Waals surface area (Å²) < 4.78 is 21.6. The molecule has 11 heavy (non-hydrogen) atoms. The predicted octanol–water partition coefficient (Wildman–Crippen LogP) is 0.782. The van der Waals surface area contributed by atoms with Crippen molar-refractivity contribution in [3.63, 3.8) is 0 Å². The van der Waals surface area contributed by atoms with E-state index >= 15 is 0 Å². The minimum atomic E-state index is -3.38. The Bertz CT molecular complexity index is 224. The summed E-state index contributed by atoms with van der Waals surface area (Å²) in [6.07, 6.45) is 4.15. The summed E-state index contributed by atoms with van der Waals surface area (Å²) in [5, 5.41) is 0. The van der Waals surface area contributed by atoms with Crippen molar-refractivity contribution in [1.82, 2.24) is 0 Å². The van der Waals surface area contributed by atoms with Crippen LogP contribution in [-0.4, -0.2) is 19.8 Å². The number of carbonyl (C=O) groups is 1. The molecule has 1 aliphatic rings. The zero-order valence-corrected chi connectivity index (χ0v) is 7.14. The zero-order chi connectivity index (χ0) is 8.32. The van der Waals surface area contributed by atoms with Crippen molar-refractivity contribution < 1.29 is 13.2 Å². The van der Waals surface area contributed by atoms with E-state index < -0.39 is 9.84 Å². The first-order chi connectivity index (χ1) is 5.14. The highest BCUT2D eigenvalue weighted by molar-refractivity contribution is 8.04. The van der Waals surface area contributed by atoms with Gasteiger partial charge in [0.2, 0.25) is 15.5 Å². The van der Waals surface area contributed by atoms with Gasteiger partial charge in [0, 0.05) is 0 Å². The summed E-state index contributed by atoms with van der Waals surface area (Å²) in [5.74, 6) is 0.307. The SMILES string of the molecule is O=CS(=O)(=O)CC1CCCC1. The molecule has 0 bridgehead atoms. The van der Waals surface area contributed by atoms with Crippen LogP contribution in [0.4, 0.5) is 0 Å². The summed E-state index contributed by atoms with van der Waals surface area (Å²) in [7, 11) is -3.38. The van der Waals surface area contributed by atoms with Crippen LogP contribution in [0.3, 0.4) is 0 Å². The van der Waals surface area contributed by atoms with E-state index in [-0.39, 0.29) is 17.3 Å². The van der Waals surface area contributed by atoms with Gasteiger partial charge in [0.05, 0.1) is 5.75 Å². The minimum absolute atomic E-state index is 0.0660. The molecule has 1 rings (SSSR count). The molecular weight excluding hydrogens is 164 g/mol. The second-order valence-electron chi connectivity index (χ2n) is 3.08. The van der Waals surface area contributed by atoms with Gasteiger partial charge in [-0.25, -0.2) is 8.42 Å². The van der Waals surface area contributed by atoms with E-state index in [9.17, 15) is 13.2 Å². The fraction of sp³-hybridized carbons (Fsp3) is 0.857. The highest BCUT2D eigenvalue weighted by Gasteiger charge is 2.21. The normalized spacial score (nSPS) is 20.4. The van der Waals surface area contributed by atoms with Crippen molar-refractivity contribution in [3.05, 3.63) is 0 Å². The Balaban J connectivity index is 2.47. The van der Waals surface area contributed by atoms with Gasteiger partial charge in [-0.05, 0) is 18.8 Å². The van der Waals surface area contributed by atoms with Crippen LogP contribution in [0.2, 0.25) is 0 Å². The summed E-state index contributed by atoms with van der Waals surface area (Å²) in [6.45, 7) is 0. The molecule has 0 amide bonds. The third-order valence-electron chi connectivity index (χ3n) is 2.09. The lowest BCUT2D eigenvalue weighted by atomic mass is 10.1. The van der Waals surface area contributed by atoms with Gasteiger partial charge in [-0.15, -0.1) is 0 Å². The molecule has 4 heteroatoms. The molecule has 0 N–H and O–H groups in total. The molecule has 1 fully saturated rings. The van der Waals surface area contributed by atoms with Crippen LogP contribution >= 0.6 is 0 Å². The molecule has 0 saturated heterocycles. The van der Waals surface area contributed by atoms with Gasteiger partial charge in [-0.2, -0.15) is 0 Å². The van der Waals surface area contributed by atoms with Crippen LogP contribution in [0, 0.1) is 5.92 Å². The first-order valence-corrected chi connectivity index (χ1v) is 5.53. The largest absolute Gasteiger partial charge is 0.285 e. The Morgan fingerprint density at radius 3 is 2.27 bits per heavy atom. The Kier molecular flexibility index (Phi) is 2.65. The van der Waals surface area contributed by atoms with E-state index in [2.05, 4.69) is 0 Å². The monoisotopic (exact) mass is 176 g/mol.